The molecule has 0 amide bonds. The van der Waals surface area contributed by atoms with E-state index >= 15 is 0 Å². The summed E-state index contributed by atoms with van der Waals surface area (Å²) in [6, 6.07) is 8.37. The highest BCUT2D eigenvalue weighted by atomic mass is 127. The van der Waals surface area contributed by atoms with Crippen LogP contribution in [0.1, 0.15) is 18.4 Å². The van der Waals surface area contributed by atoms with E-state index in [1.165, 1.54) is 9.13 Å². The zero-order chi connectivity index (χ0) is 10.2. The lowest BCUT2D eigenvalue weighted by atomic mass is 10.1. The van der Waals surface area contributed by atoms with Gasteiger partial charge in [0.05, 0.1) is 0 Å². The number of benzene rings is 1. The molecule has 0 N–H and O–H groups in total. The minimum Gasteiger partial charge on any atom is -0.0940 e. The van der Waals surface area contributed by atoms with Gasteiger partial charge in [-0.1, -0.05) is 23.3 Å². The molecule has 0 aromatic heterocycles. The lowest BCUT2D eigenvalue weighted by molar-refractivity contribution is 0.740. The standard InChI is InChI=1S/C10H12IN3/c11-10-7-2-1-5-9(10)6-3-4-8-13-14-12/h1-2,5,7H,3-4,6,8H2. The fourth-order valence-electron chi connectivity index (χ4n) is 1.24. The van der Waals surface area contributed by atoms with Gasteiger partial charge in [0.25, 0.3) is 0 Å². The van der Waals surface area contributed by atoms with Crippen LogP contribution in [0.5, 0.6) is 0 Å². The van der Waals surface area contributed by atoms with Gasteiger partial charge >= 0.3 is 0 Å². The number of azide groups is 1. The predicted molar refractivity (Wildman–Crippen MR) is 66.1 cm³/mol. The molecule has 14 heavy (non-hydrogen) atoms. The second kappa shape index (κ2) is 6.68. The summed E-state index contributed by atoms with van der Waals surface area (Å²) in [7, 11) is 0. The monoisotopic (exact) mass is 301 g/mol. The van der Waals surface area contributed by atoms with Crippen LogP contribution in [-0.2, 0) is 6.42 Å². The first kappa shape index (κ1) is 11.3. The molecule has 0 atom stereocenters. The van der Waals surface area contributed by atoms with Crippen molar-refractivity contribution in [3.05, 3.63) is 43.8 Å². The number of hydrogen-bond donors (Lipinski definition) is 0. The molecule has 0 saturated heterocycles. The molecule has 0 unspecified atom stereocenters. The second-order valence-electron chi connectivity index (χ2n) is 3.00. The van der Waals surface area contributed by atoms with E-state index in [4.69, 9.17) is 5.53 Å². The van der Waals surface area contributed by atoms with E-state index in [2.05, 4.69) is 50.8 Å². The highest BCUT2D eigenvalue weighted by Gasteiger charge is 1.97. The summed E-state index contributed by atoms with van der Waals surface area (Å²) < 4.78 is 1.31. The number of hydrogen-bond acceptors (Lipinski definition) is 1. The Morgan fingerprint density at radius 2 is 2.07 bits per heavy atom. The first-order valence-corrected chi connectivity index (χ1v) is 5.66. The molecule has 0 spiro atoms. The third-order valence-corrected chi connectivity index (χ3v) is 3.03. The van der Waals surface area contributed by atoms with Crippen molar-refractivity contribution in [2.45, 2.75) is 19.3 Å². The molecule has 0 heterocycles. The summed E-state index contributed by atoms with van der Waals surface area (Å²) in [6.45, 7) is 0.611. The van der Waals surface area contributed by atoms with Gasteiger partial charge in [-0.2, -0.15) is 0 Å². The summed E-state index contributed by atoms with van der Waals surface area (Å²) in [5.74, 6) is 0. The van der Waals surface area contributed by atoms with Gasteiger partial charge in [0.15, 0.2) is 0 Å². The molecule has 0 aliphatic heterocycles. The molecule has 0 fully saturated rings. The van der Waals surface area contributed by atoms with Crippen molar-refractivity contribution in [2.75, 3.05) is 6.54 Å². The number of halogens is 1. The maximum Gasteiger partial charge on any atom is 0.0258 e. The number of aryl methyl sites for hydroxylation is 1. The molecule has 0 saturated carbocycles. The fraction of sp³-hybridized carbons (Fsp3) is 0.400. The molecular formula is C10H12IN3. The third-order valence-electron chi connectivity index (χ3n) is 1.98. The number of unbranched alkanes of at least 4 members (excludes halogenated alkanes) is 1. The Labute approximate surface area is 97.3 Å². The molecule has 1 aromatic rings. The lowest BCUT2D eigenvalue weighted by Crippen LogP contribution is -1.90. The maximum atomic E-state index is 8.08. The van der Waals surface area contributed by atoms with Gasteiger partial charge in [-0.05, 0) is 59.0 Å². The molecule has 1 rings (SSSR count). The van der Waals surface area contributed by atoms with Gasteiger partial charge in [0.1, 0.15) is 0 Å². The Kier molecular flexibility index (Phi) is 5.40. The highest BCUT2D eigenvalue weighted by molar-refractivity contribution is 14.1. The third kappa shape index (κ3) is 3.98. The molecule has 0 radical (unpaired) electrons. The van der Waals surface area contributed by atoms with Crippen LogP contribution in [0.25, 0.3) is 10.4 Å². The van der Waals surface area contributed by atoms with Gasteiger partial charge < -0.3 is 0 Å². The van der Waals surface area contributed by atoms with Crippen molar-refractivity contribution < 1.29 is 0 Å². The van der Waals surface area contributed by atoms with Crippen LogP contribution < -0.4 is 0 Å². The summed E-state index contributed by atoms with van der Waals surface area (Å²) in [6.07, 6.45) is 3.12. The zero-order valence-electron chi connectivity index (χ0n) is 7.86. The maximum absolute atomic E-state index is 8.08. The summed E-state index contributed by atoms with van der Waals surface area (Å²) in [5, 5.41) is 3.50. The van der Waals surface area contributed by atoms with E-state index in [0.717, 1.165) is 19.3 Å². The molecule has 3 nitrogen and oxygen atoms in total. The van der Waals surface area contributed by atoms with Gasteiger partial charge in [0, 0.05) is 15.0 Å². The fourth-order valence-corrected chi connectivity index (χ4v) is 1.90. The summed E-state index contributed by atoms with van der Waals surface area (Å²) >= 11 is 2.35. The lowest BCUT2D eigenvalue weighted by Gasteiger charge is -2.02. The minimum absolute atomic E-state index is 0.611. The summed E-state index contributed by atoms with van der Waals surface area (Å²) in [5.41, 5.74) is 9.47. The SMILES string of the molecule is [N-]=[N+]=NCCCCc1ccccc1I. The van der Waals surface area contributed by atoms with Crippen LogP contribution in [0.2, 0.25) is 0 Å². The van der Waals surface area contributed by atoms with Crippen LogP contribution in [-0.4, -0.2) is 6.54 Å². The van der Waals surface area contributed by atoms with Gasteiger partial charge in [0.2, 0.25) is 0 Å². The Morgan fingerprint density at radius 3 is 2.79 bits per heavy atom. The topological polar surface area (TPSA) is 48.8 Å². The van der Waals surface area contributed by atoms with Gasteiger partial charge in [-0.25, -0.2) is 0 Å². The molecule has 0 aliphatic carbocycles. The number of rotatable bonds is 5. The normalized spacial score (nSPS) is 9.50. The molecule has 0 bridgehead atoms. The Hall–Kier alpha value is -0.740. The average Bonchev–Trinajstić information content (AvgIpc) is 2.20. The number of nitrogens with zero attached hydrogens (tertiary/aromatic N) is 3. The van der Waals surface area contributed by atoms with Crippen LogP contribution >= 0.6 is 22.6 Å². The van der Waals surface area contributed by atoms with Crippen LogP contribution in [0.3, 0.4) is 0 Å². The Balaban J connectivity index is 2.31. The molecule has 4 heteroatoms. The first-order chi connectivity index (χ1) is 6.84. The highest BCUT2D eigenvalue weighted by Crippen LogP contribution is 2.13. The van der Waals surface area contributed by atoms with Gasteiger partial charge in [-0.15, -0.1) is 0 Å². The van der Waals surface area contributed by atoms with Crippen molar-refractivity contribution in [3.63, 3.8) is 0 Å². The van der Waals surface area contributed by atoms with Crippen molar-refractivity contribution in [2.24, 2.45) is 5.11 Å². The van der Waals surface area contributed by atoms with Crippen molar-refractivity contribution >= 4 is 22.6 Å². The smallest absolute Gasteiger partial charge is 0.0258 e. The zero-order valence-corrected chi connectivity index (χ0v) is 10.0. The van der Waals surface area contributed by atoms with Crippen LogP contribution in [0, 0.1) is 3.57 Å². The Bertz CT molecular complexity index is 332. The largest absolute Gasteiger partial charge is 0.0940 e. The first-order valence-electron chi connectivity index (χ1n) is 4.59. The van der Waals surface area contributed by atoms with Gasteiger partial charge in [-0.3, -0.25) is 0 Å². The average molecular weight is 301 g/mol. The molecular weight excluding hydrogens is 289 g/mol. The molecule has 1 aromatic carbocycles. The summed E-state index contributed by atoms with van der Waals surface area (Å²) in [4.78, 5) is 2.72. The van der Waals surface area contributed by atoms with Crippen molar-refractivity contribution in [1.82, 2.24) is 0 Å². The predicted octanol–water partition coefficient (Wildman–Crippen LogP) is 3.92. The quantitative estimate of drug-likeness (QED) is 0.260. The van der Waals surface area contributed by atoms with E-state index in [-0.39, 0.29) is 0 Å². The van der Waals surface area contributed by atoms with E-state index in [9.17, 15) is 0 Å². The molecule has 74 valence electrons. The molecule has 0 aliphatic rings. The van der Waals surface area contributed by atoms with Crippen LogP contribution in [0.15, 0.2) is 29.4 Å². The van der Waals surface area contributed by atoms with E-state index in [1.807, 2.05) is 6.07 Å². The van der Waals surface area contributed by atoms with Crippen molar-refractivity contribution in [1.29, 1.82) is 0 Å². The van der Waals surface area contributed by atoms with E-state index in [0.29, 0.717) is 6.54 Å². The van der Waals surface area contributed by atoms with Crippen molar-refractivity contribution in [3.8, 4) is 0 Å². The van der Waals surface area contributed by atoms with E-state index < -0.39 is 0 Å². The van der Waals surface area contributed by atoms with E-state index in [1.54, 1.807) is 0 Å². The van der Waals surface area contributed by atoms with Crippen LogP contribution in [0.4, 0.5) is 0 Å². The Morgan fingerprint density at radius 1 is 1.29 bits per heavy atom. The second-order valence-corrected chi connectivity index (χ2v) is 4.17. The minimum atomic E-state index is 0.611.